The highest BCUT2D eigenvalue weighted by Crippen LogP contribution is 2.22. The van der Waals surface area contributed by atoms with E-state index in [9.17, 15) is 28.0 Å². The fourth-order valence-electron chi connectivity index (χ4n) is 2.79. The Hall–Kier alpha value is -3.42. The van der Waals surface area contributed by atoms with Gasteiger partial charge in [0.25, 0.3) is 11.8 Å². The first-order valence-corrected chi connectivity index (χ1v) is 8.47. The van der Waals surface area contributed by atoms with Crippen molar-refractivity contribution < 1.29 is 32.7 Å². The first-order valence-electron chi connectivity index (χ1n) is 8.47. The van der Waals surface area contributed by atoms with Crippen molar-refractivity contribution in [1.29, 1.82) is 0 Å². The lowest BCUT2D eigenvalue weighted by Gasteiger charge is -2.13. The summed E-state index contributed by atoms with van der Waals surface area (Å²) in [5, 5.41) is 0. The normalized spacial score (nSPS) is 12.9. The van der Waals surface area contributed by atoms with Gasteiger partial charge >= 0.3 is 5.97 Å². The summed E-state index contributed by atoms with van der Waals surface area (Å²) in [7, 11) is 0. The molecule has 144 valence electrons. The zero-order valence-electron chi connectivity index (χ0n) is 14.6. The van der Waals surface area contributed by atoms with Crippen molar-refractivity contribution >= 4 is 23.6 Å². The van der Waals surface area contributed by atoms with Crippen molar-refractivity contribution in [2.45, 2.75) is 12.8 Å². The predicted octanol–water partition coefficient (Wildman–Crippen LogP) is 2.77. The number of imide groups is 1. The van der Waals surface area contributed by atoms with Gasteiger partial charge in [-0.3, -0.25) is 24.1 Å². The molecule has 8 heteroatoms. The van der Waals surface area contributed by atoms with E-state index in [4.69, 9.17) is 4.74 Å². The van der Waals surface area contributed by atoms with Gasteiger partial charge in [-0.1, -0.05) is 12.1 Å². The van der Waals surface area contributed by atoms with Crippen molar-refractivity contribution in [3.63, 3.8) is 0 Å². The summed E-state index contributed by atoms with van der Waals surface area (Å²) in [5.74, 6) is -4.45. The second-order valence-corrected chi connectivity index (χ2v) is 6.12. The van der Waals surface area contributed by atoms with E-state index in [1.54, 1.807) is 24.3 Å². The van der Waals surface area contributed by atoms with E-state index >= 15 is 0 Å². The molecule has 2 aromatic carbocycles. The Morgan fingerprint density at radius 1 is 0.929 bits per heavy atom. The van der Waals surface area contributed by atoms with Crippen molar-refractivity contribution in [1.82, 2.24) is 4.90 Å². The molecule has 0 spiro atoms. The zero-order chi connectivity index (χ0) is 20.3. The summed E-state index contributed by atoms with van der Waals surface area (Å²) in [6, 6.07) is 9.09. The van der Waals surface area contributed by atoms with Crippen LogP contribution in [-0.2, 0) is 9.53 Å². The minimum absolute atomic E-state index is 0.0402. The number of amides is 2. The van der Waals surface area contributed by atoms with E-state index in [0.29, 0.717) is 11.1 Å². The van der Waals surface area contributed by atoms with Gasteiger partial charge < -0.3 is 4.74 Å². The molecule has 3 rings (SSSR count). The van der Waals surface area contributed by atoms with Gasteiger partial charge in [-0.2, -0.15) is 0 Å². The maximum atomic E-state index is 13.1. The van der Waals surface area contributed by atoms with Gasteiger partial charge in [0, 0.05) is 18.5 Å². The fourth-order valence-corrected chi connectivity index (χ4v) is 2.79. The first-order chi connectivity index (χ1) is 13.4. The Balaban J connectivity index is 1.45. The Labute approximate surface area is 158 Å². The van der Waals surface area contributed by atoms with Crippen LogP contribution in [-0.4, -0.2) is 41.6 Å². The predicted molar refractivity (Wildman–Crippen MR) is 92.7 cm³/mol. The van der Waals surface area contributed by atoms with Gasteiger partial charge in [0.2, 0.25) is 0 Å². The summed E-state index contributed by atoms with van der Waals surface area (Å²) in [4.78, 5) is 49.0. The summed E-state index contributed by atoms with van der Waals surface area (Å²) >= 11 is 0. The highest BCUT2D eigenvalue weighted by atomic mass is 19.2. The Morgan fingerprint density at radius 2 is 1.57 bits per heavy atom. The number of fused-ring (bicyclic) bond motifs is 1. The summed E-state index contributed by atoms with van der Waals surface area (Å²) in [6.45, 7) is -0.574. The molecule has 28 heavy (non-hydrogen) atoms. The van der Waals surface area contributed by atoms with Crippen LogP contribution in [0, 0.1) is 11.6 Å². The van der Waals surface area contributed by atoms with Gasteiger partial charge in [0.05, 0.1) is 11.1 Å². The molecule has 0 N–H and O–H groups in total. The number of hydrogen-bond acceptors (Lipinski definition) is 5. The second-order valence-electron chi connectivity index (χ2n) is 6.12. The number of carbonyl (C=O) groups excluding carboxylic acids is 4. The molecule has 2 amide bonds. The van der Waals surface area contributed by atoms with Crippen molar-refractivity contribution in [3.8, 4) is 0 Å². The van der Waals surface area contributed by atoms with Gasteiger partial charge in [0.1, 0.15) is 0 Å². The molecule has 1 aliphatic rings. The van der Waals surface area contributed by atoms with Gasteiger partial charge in [-0.05, 0) is 36.8 Å². The lowest BCUT2D eigenvalue weighted by molar-refractivity contribution is -0.142. The Bertz CT molecular complexity index is 938. The highest BCUT2D eigenvalue weighted by Gasteiger charge is 2.34. The van der Waals surface area contributed by atoms with E-state index < -0.39 is 41.8 Å². The maximum absolute atomic E-state index is 13.1. The lowest BCUT2D eigenvalue weighted by Crippen LogP contribution is -2.31. The topological polar surface area (TPSA) is 80.8 Å². The smallest absolute Gasteiger partial charge is 0.306 e. The van der Waals surface area contributed by atoms with Crippen LogP contribution >= 0.6 is 0 Å². The summed E-state index contributed by atoms with van der Waals surface area (Å²) in [6.07, 6.45) is 0.0577. The number of hydrogen-bond donors (Lipinski definition) is 0. The summed E-state index contributed by atoms with van der Waals surface area (Å²) < 4.78 is 30.8. The molecule has 0 unspecified atom stereocenters. The average Bonchev–Trinajstić information content (AvgIpc) is 2.93. The minimum Gasteiger partial charge on any atom is -0.457 e. The van der Waals surface area contributed by atoms with Crippen molar-refractivity contribution in [3.05, 3.63) is 70.8 Å². The second kappa shape index (κ2) is 8.08. The molecule has 6 nitrogen and oxygen atoms in total. The first kappa shape index (κ1) is 19.3. The third-order valence-electron chi connectivity index (χ3n) is 4.25. The molecule has 1 heterocycles. The molecule has 0 fully saturated rings. The van der Waals surface area contributed by atoms with Crippen LogP contribution in [0.5, 0.6) is 0 Å². The van der Waals surface area contributed by atoms with Gasteiger partial charge in [-0.15, -0.1) is 0 Å². The molecular formula is C20H15F2NO5. The quantitative estimate of drug-likeness (QED) is 0.415. The molecule has 1 aliphatic heterocycles. The standard InChI is InChI=1S/C20H15F2NO5/c21-15-8-7-12(10-16(15)22)17(24)11-28-18(25)6-3-9-23-19(26)13-4-1-2-5-14(13)20(23)27/h1-2,4-5,7-8,10H,3,6,9,11H2. The largest absolute Gasteiger partial charge is 0.457 e. The molecule has 0 saturated heterocycles. The van der Waals surface area contributed by atoms with Crippen LogP contribution in [0.15, 0.2) is 42.5 Å². The fraction of sp³-hybridized carbons (Fsp3) is 0.200. The average molecular weight is 387 g/mol. The number of halogens is 2. The Morgan fingerprint density at radius 3 is 2.18 bits per heavy atom. The number of ketones is 1. The molecule has 0 aliphatic carbocycles. The zero-order valence-corrected chi connectivity index (χ0v) is 14.6. The van der Waals surface area contributed by atoms with Crippen LogP contribution in [0.2, 0.25) is 0 Å². The maximum Gasteiger partial charge on any atom is 0.306 e. The van der Waals surface area contributed by atoms with Crippen molar-refractivity contribution in [2.75, 3.05) is 13.2 Å². The Kier molecular flexibility index (Phi) is 5.58. The molecule has 0 radical (unpaired) electrons. The van der Waals surface area contributed by atoms with E-state index in [0.717, 1.165) is 23.1 Å². The van der Waals surface area contributed by atoms with E-state index in [1.807, 2.05) is 0 Å². The molecular weight excluding hydrogens is 372 g/mol. The number of esters is 1. The van der Waals surface area contributed by atoms with Crippen LogP contribution in [0.25, 0.3) is 0 Å². The van der Waals surface area contributed by atoms with E-state index in [1.165, 1.54) is 0 Å². The molecule has 0 aromatic heterocycles. The number of carbonyl (C=O) groups is 4. The molecule has 0 saturated carbocycles. The van der Waals surface area contributed by atoms with Gasteiger partial charge in [0.15, 0.2) is 24.0 Å². The van der Waals surface area contributed by atoms with E-state index in [2.05, 4.69) is 0 Å². The highest BCUT2D eigenvalue weighted by molar-refractivity contribution is 6.21. The molecule has 0 atom stereocenters. The SMILES string of the molecule is O=C(CCCN1C(=O)c2ccccc2C1=O)OCC(=O)c1ccc(F)c(F)c1. The molecule has 2 aromatic rings. The lowest BCUT2D eigenvalue weighted by atomic mass is 10.1. The third-order valence-corrected chi connectivity index (χ3v) is 4.25. The number of rotatable bonds is 7. The third kappa shape index (κ3) is 3.95. The minimum atomic E-state index is -1.17. The van der Waals surface area contributed by atoms with E-state index in [-0.39, 0.29) is 24.9 Å². The summed E-state index contributed by atoms with van der Waals surface area (Å²) in [5.41, 5.74) is 0.539. The number of benzene rings is 2. The van der Waals surface area contributed by atoms with Crippen molar-refractivity contribution in [2.24, 2.45) is 0 Å². The van der Waals surface area contributed by atoms with Gasteiger partial charge in [-0.25, -0.2) is 8.78 Å². The van der Waals surface area contributed by atoms with Crippen LogP contribution in [0.4, 0.5) is 8.78 Å². The van der Waals surface area contributed by atoms with Crippen LogP contribution < -0.4 is 0 Å². The number of ether oxygens (including phenoxy) is 1. The number of nitrogens with zero attached hydrogens (tertiary/aromatic N) is 1. The number of Topliss-reactive ketones (excluding diaryl/α,β-unsaturated/α-hetero) is 1. The van der Waals surface area contributed by atoms with Crippen LogP contribution in [0.1, 0.15) is 43.9 Å². The molecule has 0 bridgehead atoms. The van der Waals surface area contributed by atoms with Crippen LogP contribution in [0.3, 0.4) is 0 Å². The monoisotopic (exact) mass is 387 g/mol.